The van der Waals surface area contributed by atoms with Gasteiger partial charge in [0.25, 0.3) is 0 Å². The highest BCUT2D eigenvalue weighted by atomic mass is 32.2. The standard InChI is InChI=1S/C19H22N6O2S/c1-13(2)19(15-6-5-14-4-3-9-28(26,27)16(14)10-15)23-17-11-18(21-12-20-17)25-8-7-22-24-25/h5-8,10-13,19H,3-4,9H2,1-2H3,(H,20,21,23)/t19-/m0/s1. The Balaban J connectivity index is 1.67. The van der Waals surface area contributed by atoms with E-state index in [2.05, 4.69) is 39.4 Å². The summed E-state index contributed by atoms with van der Waals surface area (Å²) >= 11 is 0. The van der Waals surface area contributed by atoms with Crippen molar-refractivity contribution in [3.8, 4) is 5.82 Å². The Hall–Kier alpha value is -2.81. The van der Waals surface area contributed by atoms with Crippen LogP contribution in [0.1, 0.15) is 37.4 Å². The highest BCUT2D eigenvalue weighted by Crippen LogP contribution is 2.32. The lowest BCUT2D eigenvalue weighted by atomic mass is 9.94. The van der Waals surface area contributed by atoms with Crippen LogP contribution >= 0.6 is 0 Å². The van der Waals surface area contributed by atoms with Gasteiger partial charge in [-0.1, -0.05) is 31.2 Å². The van der Waals surface area contributed by atoms with Gasteiger partial charge >= 0.3 is 0 Å². The molecule has 3 heterocycles. The van der Waals surface area contributed by atoms with Crippen molar-refractivity contribution >= 4 is 15.7 Å². The van der Waals surface area contributed by atoms with Crippen LogP contribution in [0.25, 0.3) is 5.82 Å². The Labute approximate surface area is 164 Å². The molecule has 0 radical (unpaired) electrons. The first-order valence-electron chi connectivity index (χ1n) is 9.25. The monoisotopic (exact) mass is 398 g/mol. The average Bonchev–Trinajstić information content (AvgIpc) is 3.21. The molecule has 8 nitrogen and oxygen atoms in total. The molecule has 146 valence electrons. The van der Waals surface area contributed by atoms with E-state index in [1.54, 1.807) is 23.1 Å². The molecule has 0 amide bonds. The third-order valence-corrected chi connectivity index (χ3v) is 6.80. The summed E-state index contributed by atoms with van der Waals surface area (Å²) in [6.45, 7) is 4.18. The van der Waals surface area contributed by atoms with Gasteiger partial charge in [-0.2, -0.15) is 0 Å². The van der Waals surface area contributed by atoms with Gasteiger partial charge < -0.3 is 5.32 Å². The van der Waals surface area contributed by atoms with Gasteiger partial charge in [-0.05, 0) is 36.0 Å². The molecule has 3 aromatic rings. The predicted molar refractivity (Wildman–Crippen MR) is 105 cm³/mol. The number of benzene rings is 1. The van der Waals surface area contributed by atoms with Crippen molar-refractivity contribution in [3.63, 3.8) is 0 Å². The molecule has 0 unspecified atom stereocenters. The van der Waals surface area contributed by atoms with Crippen LogP contribution in [0.2, 0.25) is 0 Å². The summed E-state index contributed by atoms with van der Waals surface area (Å²) in [5.41, 5.74) is 1.84. The quantitative estimate of drug-likeness (QED) is 0.704. The molecular formula is C19H22N6O2S. The van der Waals surface area contributed by atoms with Gasteiger partial charge in [-0.3, -0.25) is 0 Å². The molecule has 0 fully saturated rings. The average molecular weight is 398 g/mol. The maximum absolute atomic E-state index is 12.5. The van der Waals surface area contributed by atoms with Crippen molar-refractivity contribution in [2.75, 3.05) is 11.1 Å². The summed E-state index contributed by atoms with van der Waals surface area (Å²) in [5, 5.41) is 11.2. The molecule has 4 rings (SSSR count). The Bertz CT molecular complexity index is 1080. The van der Waals surface area contributed by atoms with Gasteiger partial charge in [0, 0.05) is 6.07 Å². The van der Waals surface area contributed by atoms with Crippen molar-refractivity contribution in [2.45, 2.75) is 37.6 Å². The highest BCUT2D eigenvalue weighted by Gasteiger charge is 2.26. The zero-order valence-electron chi connectivity index (χ0n) is 15.8. The van der Waals surface area contributed by atoms with Crippen LogP contribution < -0.4 is 5.32 Å². The molecule has 0 spiro atoms. The van der Waals surface area contributed by atoms with E-state index < -0.39 is 9.84 Å². The van der Waals surface area contributed by atoms with Gasteiger partial charge in [-0.15, -0.1) is 5.10 Å². The van der Waals surface area contributed by atoms with E-state index in [-0.39, 0.29) is 17.7 Å². The Morgan fingerprint density at radius 3 is 2.79 bits per heavy atom. The van der Waals surface area contributed by atoms with Gasteiger partial charge in [0.05, 0.1) is 29.1 Å². The first-order chi connectivity index (χ1) is 13.4. The fraction of sp³-hybridized carbons (Fsp3) is 0.368. The van der Waals surface area contributed by atoms with E-state index >= 15 is 0 Å². The highest BCUT2D eigenvalue weighted by molar-refractivity contribution is 7.91. The second kappa shape index (κ2) is 7.31. The normalized spacial score (nSPS) is 16.5. The number of rotatable bonds is 5. The number of sulfone groups is 1. The molecule has 28 heavy (non-hydrogen) atoms. The third-order valence-electron chi connectivity index (χ3n) is 4.92. The van der Waals surface area contributed by atoms with Crippen LogP contribution in [0.3, 0.4) is 0 Å². The lowest BCUT2D eigenvalue weighted by molar-refractivity contribution is 0.542. The van der Waals surface area contributed by atoms with Gasteiger partial charge in [0.15, 0.2) is 15.7 Å². The minimum absolute atomic E-state index is 0.0964. The van der Waals surface area contributed by atoms with E-state index in [1.807, 2.05) is 18.2 Å². The number of nitrogens with one attached hydrogen (secondary N) is 1. The van der Waals surface area contributed by atoms with Crippen LogP contribution in [0, 0.1) is 5.92 Å². The second-order valence-electron chi connectivity index (χ2n) is 7.26. The summed E-state index contributed by atoms with van der Waals surface area (Å²) in [6, 6.07) is 7.47. The first kappa shape index (κ1) is 18.5. The predicted octanol–water partition coefficient (Wildman–Crippen LogP) is 2.59. The number of nitrogens with zero attached hydrogens (tertiary/aromatic N) is 5. The Morgan fingerprint density at radius 2 is 2.04 bits per heavy atom. The molecule has 9 heteroatoms. The Kier molecular flexibility index (Phi) is 4.84. The molecule has 1 aliphatic heterocycles. The zero-order valence-corrected chi connectivity index (χ0v) is 16.6. The van der Waals surface area contributed by atoms with E-state index in [0.29, 0.717) is 23.0 Å². The fourth-order valence-electron chi connectivity index (χ4n) is 3.50. The third kappa shape index (κ3) is 3.62. The van der Waals surface area contributed by atoms with Gasteiger partial charge in [0.2, 0.25) is 0 Å². The lowest BCUT2D eigenvalue weighted by Crippen LogP contribution is -2.21. The smallest absolute Gasteiger partial charge is 0.178 e. The minimum Gasteiger partial charge on any atom is -0.363 e. The number of anilines is 1. The summed E-state index contributed by atoms with van der Waals surface area (Å²) in [5.74, 6) is 1.68. The van der Waals surface area contributed by atoms with Gasteiger partial charge in [-0.25, -0.2) is 23.1 Å². The minimum atomic E-state index is -3.20. The van der Waals surface area contributed by atoms with Crippen LogP contribution in [0.5, 0.6) is 0 Å². The molecule has 1 atom stereocenters. The van der Waals surface area contributed by atoms with E-state index in [0.717, 1.165) is 17.5 Å². The van der Waals surface area contributed by atoms with Crippen molar-refractivity contribution in [1.29, 1.82) is 0 Å². The molecule has 0 bridgehead atoms. The number of hydrogen-bond donors (Lipinski definition) is 1. The molecule has 1 N–H and O–H groups in total. The van der Waals surface area contributed by atoms with Crippen molar-refractivity contribution in [3.05, 3.63) is 54.1 Å². The lowest BCUT2D eigenvalue weighted by Gasteiger charge is -2.25. The number of fused-ring (bicyclic) bond motifs is 1. The fourth-order valence-corrected chi connectivity index (χ4v) is 5.13. The van der Waals surface area contributed by atoms with Gasteiger partial charge in [0.1, 0.15) is 12.1 Å². The maximum atomic E-state index is 12.5. The number of aryl methyl sites for hydroxylation is 1. The largest absolute Gasteiger partial charge is 0.363 e. The van der Waals surface area contributed by atoms with E-state index in [1.165, 1.54) is 6.33 Å². The molecule has 0 aliphatic carbocycles. The zero-order chi connectivity index (χ0) is 19.7. The van der Waals surface area contributed by atoms with Crippen LogP contribution in [0.4, 0.5) is 5.82 Å². The first-order valence-corrected chi connectivity index (χ1v) is 10.9. The van der Waals surface area contributed by atoms with E-state index in [9.17, 15) is 8.42 Å². The van der Waals surface area contributed by atoms with Crippen LogP contribution in [0.15, 0.2) is 47.9 Å². The van der Waals surface area contributed by atoms with Crippen LogP contribution in [-0.2, 0) is 16.3 Å². The Morgan fingerprint density at radius 1 is 1.18 bits per heavy atom. The van der Waals surface area contributed by atoms with Crippen LogP contribution in [-0.4, -0.2) is 39.1 Å². The summed E-state index contributed by atoms with van der Waals surface area (Å²) < 4.78 is 26.5. The summed E-state index contributed by atoms with van der Waals surface area (Å²) in [7, 11) is -3.20. The molecule has 0 saturated carbocycles. The van der Waals surface area contributed by atoms with E-state index in [4.69, 9.17) is 0 Å². The second-order valence-corrected chi connectivity index (χ2v) is 9.34. The number of aromatic nitrogens is 5. The van der Waals surface area contributed by atoms with Crippen molar-refractivity contribution in [1.82, 2.24) is 25.0 Å². The maximum Gasteiger partial charge on any atom is 0.178 e. The molecule has 0 saturated heterocycles. The summed E-state index contributed by atoms with van der Waals surface area (Å²) in [4.78, 5) is 8.99. The molecule has 2 aromatic heterocycles. The number of hydrogen-bond acceptors (Lipinski definition) is 7. The van der Waals surface area contributed by atoms with Crippen molar-refractivity contribution < 1.29 is 8.42 Å². The molecule has 1 aromatic carbocycles. The van der Waals surface area contributed by atoms with Crippen molar-refractivity contribution in [2.24, 2.45) is 5.92 Å². The molecular weight excluding hydrogens is 376 g/mol. The summed E-state index contributed by atoms with van der Waals surface area (Å²) in [6.07, 6.45) is 6.25. The molecule has 1 aliphatic rings. The topological polar surface area (TPSA) is 103 Å². The SMILES string of the molecule is CC(C)[C@H](Nc1cc(-n2ccnn2)ncn1)c1ccc2c(c1)S(=O)(=O)CCC2.